The maximum atomic E-state index is 12.1. The van der Waals surface area contributed by atoms with Gasteiger partial charge in [0.1, 0.15) is 6.20 Å². The minimum absolute atomic E-state index is 0.131. The van der Waals surface area contributed by atoms with Gasteiger partial charge in [-0.2, -0.15) is 18.3 Å². The first-order valence-corrected chi connectivity index (χ1v) is 5.14. The molecule has 1 aromatic carbocycles. The number of alkyl halides is 3. The average Bonchev–Trinajstić information content (AvgIpc) is 2.69. The Kier molecular flexibility index (Phi) is 2.91. The van der Waals surface area contributed by atoms with E-state index in [9.17, 15) is 13.2 Å². The molecule has 16 heavy (non-hydrogen) atoms. The summed E-state index contributed by atoms with van der Waals surface area (Å²) in [4.78, 5) is 0.160. The van der Waals surface area contributed by atoms with Gasteiger partial charge in [0.15, 0.2) is 0 Å². The summed E-state index contributed by atoms with van der Waals surface area (Å²) in [6, 6.07) is 7.60. The fourth-order valence-corrected chi connectivity index (χ4v) is 1.72. The van der Waals surface area contributed by atoms with E-state index in [1.54, 1.807) is 24.4 Å². The van der Waals surface area contributed by atoms with Crippen LogP contribution in [0.3, 0.4) is 0 Å². The van der Waals surface area contributed by atoms with Gasteiger partial charge in [-0.15, -0.1) is 0 Å². The van der Waals surface area contributed by atoms with Gasteiger partial charge in [0.2, 0.25) is 0 Å². The Morgan fingerprint density at radius 3 is 2.38 bits per heavy atom. The minimum Gasteiger partial charge on any atom is -0.240 e. The summed E-state index contributed by atoms with van der Waals surface area (Å²) < 4.78 is 37.7. The molecule has 0 amide bonds. The van der Waals surface area contributed by atoms with Crippen LogP contribution >= 0.6 is 11.8 Å². The van der Waals surface area contributed by atoms with Gasteiger partial charge < -0.3 is 0 Å². The summed E-state index contributed by atoms with van der Waals surface area (Å²) >= 11 is -0.131. The topological polar surface area (TPSA) is 17.8 Å². The molecule has 2 rings (SSSR count). The summed E-state index contributed by atoms with van der Waals surface area (Å²) in [5.74, 6) is 0. The normalized spacial score (nSPS) is 11.7. The summed E-state index contributed by atoms with van der Waals surface area (Å²) in [5, 5.41) is 3.85. The Bertz CT molecular complexity index is 448. The van der Waals surface area contributed by atoms with E-state index in [4.69, 9.17) is 0 Å². The van der Waals surface area contributed by atoms with Gasteiger partial charge in [-0.1, -0.05) is 0 Å². The lowest BCUT2D eigenvalue weighted by Crippen LogP contribution is -1.99. The third-order valence-corrected chi connectivity index (χ3v) is 2.53. The maximum absolute atomic E-state index is 12.1. The molecule has 1 heterocycles. The Morgan fingerprint density at radius 2 is 1.88 bits per heavy atom. The van der Waals surface area contributed by atoms with Crippen LogP contribution in [0.2, 0.25) is 0 Å². The molecule has 2 nitrogen and oxygen atoms in total. The summed E-state index contributed by atoms with van der Waals surface area (Å²) in [5.41, 5.74) is -3.55. The predicted molar refractivity (Wildman–Crippen MR) is 54.3 cm³/mol. The second-order valence-corrected chi connectivity index (χ2v) is 4.07. The van der Waals surface area contributed by atoms with E-state index in [1.165, 1.54) is 16.8 Å². The van der Waals surface area contributed by atoms with Gasteiger partial charge >= 0.3 is 5.51 Å². The second-order valence-electron chi connectivity index (χ2n) is 2.93. The van der Waals surface area contributed by atoms with Gasteiger partial charge in [0.05, 0.1) is 5.69 Å². The Morgan fingerprint density at radius 1 is 1.19 bits per heavy atom. The van der Waals surface area contributed by atoms with Crippen LogP contribution < -0.4 is 0 Å². The lowest BCUT2D eigenvalue weighted by molar-refractivity contribution is -0.0328. The van der Waals surface area contributed by atoms with E-state index >= 15 is 0 Å². The molecule has 2 aromatic rings. The highest BCUT2D eigenvalue weighted by atomic mass is 32.2. The summed E-state index contributed by atoms with van der Waals surface area (Å²) in [6.07, 6.45) is 4.28. The first-order chi connectivity index (χ1) is 7.54. The van der Waals surface area contributed by atoms with Crippen molar-refractivity contribution in [2.75, 3.05) is 0 Å². The van der Waals surface area contributed by atoms with E-state index in [1.807, 2.05) is 0 Å². The molecule has 6 heteroatoms. The van der Waals surface area contributed by atoms with E-state index in [0.29, 0.717) is 5.69 Å². The van der Waals surface area contributed by atoms with Crippen molar-refractivity contribution in [3.05, 3.63) is 42.7 Å². The van der Waals surface area contributed by atoms with Crippen LogP contribution in [0.1, 0.15) is 0 Å². The lowest BCUT2D eigenvalue weighted by Gasteiger charge is -2.06. The molecule has 0 saturated carbocycles. The highest BCUT2D eigenvalue weighted by molar-refractivity contribution is 8.00. The van der Waals surface area contributed by atoms with Crippen LogP contribution in [-0.4, -0.2) is 15.3 Å². The molecule has 0 fully saturated rings. The Labute approximate surface area is 94.1 Å². The van der Waals surface area contributed by atoms with Crippen molar-refractivity contribution >= 4 is 11.8 Å². The standard InChI is InChI=1S/C10H6F3N2S/c11-10(12,13)16-9-4-2-8(3-5-9)15-7-1-6-14-15/h1-5,7H. The fourth-order valence-electron chi connectivity index (χ4n) is 1.18. The molecule has 0 spiro atoms. The molecule has 0 unspecified atom stereocenters. The molecule has 0 atom stereocenters. The average molecular weight is 243 g/mol. The van der Waals surface area contributed by atoms with E-state index in [-0.39, 0.29) is 16.7 Å². The monoisotopic (exact) mass is 243 g/mol. The summed E-state index contributed by atoms with van der Waals surface area (Å²) in [6.45, 7) is 0. The molecular weight excluding hydrogens is 237 g/mol. The van der Waals surface area contributed by atoms with Crippen molar-refractivity contribution < 1.29 is 13.2 Å². The van der Waals surface area contributed by atoms with E-state index < -0.39 is 5.51 Å². The van der Waals surface area contributed by atoms with Crippen LogP contribution in [0, 0.1) is 6.20 Å². The molecule has 0 aliphatic rings. The quantitative estimate of drug-likeness (QED) is 0.753. The zero-order valence-corrected chi connectivity index (χ0v) is 8.72. The zero-order valence-electron chi connectivity index (χ0n) is 7.90. The van der Waals surface area contributed by atoms with Crippen molar-refractivity contribution in [1.82, 2.24) is 9.78 Å². The Balaban J connectivity index is 2.17. The second kappa shape index (κ2) is 4.21. The van der Waals surface area contributed by atoms with Gasteiger partial charge in [-0.3, -0.25) is 0 Å². The highest BCUT2D eigenvalue weighted by Crippen LogP contribution is 2.36. The molecule has 0 aliphatic carbocycles. The van der Waals surface area contributed by atoms with Crippen LogP contribution in [0.5, 0.6) is 0 Å². The number of aromatic nitrogens is 2. The van der Waals surface area contributed by atoms with E-state index in [0.717, 1.165) is 0 Å². The van der Waals surface area contributed by atoms with Crippen molar-refractivity contribution in [3.8, 4) is 5.69 Å². The number of rotatable bonds is 2. The Hall–Kier alpha value is -1.43. The first kappa shape index (κ1) is 11.1. The fraction of sp³-hybridized carbons (Fsp3) is 0.100. The first-order valence-electron chi connectivity index (χ1n) is 4.32. The number of hydrogen-bond donors (Lipinski definition) is 0. The third kappa shape index (κ3) is 2.79. The third-order valence-electron chi connectivity index (χ3n) is 1.79. The molecule has 0 aliphatic heterocycles. The van der Waals surface area contributed by atoms with Crippen molar-refractivity contribution in [2.24, 2.45) is 0 Å². The summed E-state index contributed by atoms with van der Waals surface area (Å²) in [7, 11) is 0. The van der Waals surface area contributed by atoms with Gasteiger partial charge in [-0.25, -0.2) is 4.68 Å². The molecular formula is C10H6F3N2S. The van der Waals surface area contributed by atoms with Crippen LogP contribution in [0.4, 0.5) is 13.2 Å². The molecule has 83 valence electrons. The number of thioether (sulfide) groups is 1. The van der Waals surface area contributed by atoms with Crippen molar-refractivity contribution in [1.29, 1.82) is 0 Å². The number of hydrogen-bond acceptors (Lipinski definition) is 2. The smallest absolute Gasteiger partial charge is 0.240 e. The zero-order chi connectivity index (χ0) is 11.6. The maximum Gasteiger partial charge on any atom is 0.446 e. The van der Waals surface area contributed by atoms with Crippen LogP contribution in [0.25, 0.3) is 5.69 Å². The predicted octanol–water partition coefficient (Wildman–Crippen LogP) is 3.28. The SMILES string of the molecule is FC(F)(F)Sc1ccc(-n2cc[c]n2)cc1. The van der Waals surface area contributed by atoms with Gasteiger partial charge in [0.25, 0.3) is 0 Å². The molecule has 1 aromatic heterocycles. The van der Waals surface area contributed by atoms with Crippen molar-refractivity contribution in [2.45, 2.75) is 10.4 Å². The molecule has 0 saturated heterocycles. The molecule has 0 bridgehead atoms. The number of halogens is 3. The highest BCUT2D eigenvalue weighted by Gasteiger charge is 2.28. The van der Waals surface area contributed by atoms with Crippen LogP contribution in [-0.2, 0) is 0 Å². The van der Waals surface area contributed by atoms with E-state index in [2.05, 4.69) is 11.3 Å². The van der Waals surface area contributed by atoms with Gasteiger partial charge in [-0.05, 0) is 42.1 Å². The van der Waals surface area contributed by atoms with Crippen LogP contribution in [0.15, 0.2) is 41.4 Å². The molecule has 1 radical (unpaired) electrons. The largest absolute Gasteiger partial charge is 0.446 e. The number of nitrogens with zero attached hydrogens (tertiary/aromatic N) is 2. The van der Waals surface area contributed by atoms with Gasteiger partial charge in [0, 0.05) is 11.1 Å². The minimum atomic E-state index is -4.25. The molecule has 0 N–H and O–H groups in total. The van der Waals surface area contributed by atoms with Crippen molar-refractivity contribution in [3.63, 3.8) is 0 Å². The number of benzene rings is 1. The lowest BCUT2D eigenvalue weighted by atomic mass is 10.3.